The molecule has 0 saturated carbocycles. The maximum Gasteiger partial charge on any atom is 0.220 e. The summed E-state index contributed by atoms with van der Waals surface area (Å²) in [5, 5.41) is 13.0. The summed E-state index contributed by atoms with van der Waals surface area (Å²) in [6.07, 6.45) is 0.194. The largest absolute Gasteiger partial charge is 0.384 e. The van der Waals surface area contributed by atoms with E-state index in [4.69, 9.17) is 0 Å². The normalized spacial score (nSPS) is 13.3. The molecule has 0 aliphatic heterocycles. The van der Waals surface area contributed by atoms with Gasteiger partial charge in [-0.25, -0.2) is 4.39 Å². The Hall–Kier alpha value is -2.05. The predicted molar refractivity (Wildman–Crippen MR) is 91.6 cm³/mol. The average Bonchev–Trinajstić information content (AvgIpc) is 2.98. The highest BCUT2D eigenvalue weighted by Crippen LogP contribution is 2.20. The Bertz CT molecular complexity index is 722. The Balaban J connectivity index is 1.82. The van der Waals surface area contributed by atoms with Gasteiger partial charge in [0.2, 0.25) is 5.91 Å². The number of aryl methyl sites for hydroxylation is 1. The number of aliphatic hydroxyl groups is 1. The van der Waals surface area contributed by atoms with Crippen LogP contribution in [0.4, 0.5) is 4.39 Å². The van der Waals surface area contributed by atoms with Gasteiger partial charge >= 0.3 is 0 Å². The van der Waals surface area contributed by atoms with Crippen LogP contribution < -0.4 is 5.32 Å². The number of ketones is 1. The molecule has 1 amide bonds. The van der Waals surface area contributed by atoms with Crippen LogP contribution >= 0.6 is 11.3 Å². The SMILES string of the molecule is Cc1ccc(C(=O)CCC(=O)NCC(C)(O)c2ccc(F)cc2)s1. The highest BCUT2D eigenvalue weighted by molar-refractivity contribution is 7.14. The van der Waals surface area contributed by atoms with E-state index >= 15 is 0 Å². The molecule has 1 aromatic heterocycles. The lowest BCUT2D eigenvalue weighted by Crippen LogP contribution is -2.38. The Kier molecular flexibility index (Phi) is 5.85. The molecule has 1 aromatic carbocycles. The van der Waals surface area contributed by atoms with E-state index < -0.39 is 5.60 Å². The van der Waals surface area contributed by atoms with Crippen LogP contribution in [0.25, 0.3) is 0 Å². The summed E-state index contributed by atoms with van der Waals surface area (Å²) in [5.74, 6) is -0.756. The molecular formula is C18H20FNO3S. The zero-order chi connectivity index (χ0) is 17.7. The van der Waals surface area contributed by atoms with Gasteiger partial charge in [-0.3, -0.25) is 9.59 Å². The second-order valence-corrected chi connectivity index (χ2v) is 7.18. The van der Waals surface area contributed by atoms with Crippen molar-refractivity contribution in [2.75, 3.05) is 6.54 Å². The van der Waals surface area contributed by atoms with Crippen molar-refractivity contribution in [3.8, 4) is 0 Å². The number of halogens is 1. The summed E-state index contributed by atoms with van der Waals surface area (Å²) in [6, 6.07) is 9.10. The van der Waals surface area contributed by atoms with Crippen LogP contribution in [0.15, 0.2) is 36.4 Å². The first kappa shape index (κ1) is 18.3. The first-order valence-electron chi connectivity index (χ1n) is 7.63. The number of nitrogens with one attached hydrogen (secondary N) is 1. The van der Waals surface area contributed by atoms with E-state index in [1.165, 1.54) is 35.6 Å². The molecular weight excluding hydrogens is 329 g/mol. The number of carbonyl (C=O) groups excluding carboxylic acids is 2. The summed E-state index contributed by atoms with van der Waals surface area (Å²) in [4.78, 5) is 25.6. The monoisotopic (exact) mass is 349 g/mol. The van der Waals surface area contributed by atoms with E-state index in [2.05, 4.69) is 5.32 Å². The van der Waals surface area contributed by atoms with Gasteiger partial charge < -0.3 is 10.4 Å². The fraction of sp³-hybridized carbons (Fsp3) is 0.333. The van der Waals surface area contributed by atoms with Gasteiger partial charge in [0.05, 0.1) is 11.4 Å². The van der Waals surface area contributed by atoms with Gasteiger partial charge in [-0.15, -0.1) is 11.3 Å². The van der Waals surface area contributed by atoms with Crippen LogP contribution in [0.5, 0.6) is 0 Å². The third-order valence-electron chi connectivity index (χ3n) is 3.69. The number of hydrogen-bond donors (Lipinski definition) is 2. The van der Waals surface area contributed by atoms with Crippen molar-refractivity contribution in [1.29, 1.82) is 0 Å². The maximum absolute atomic E-state index is 12.9. The maximum atomic E-state index is 12.9. The molecule has 2 aromatic rings. The van der Waals surface area contributed by atoms with Crippen LogP contribution in [0.2, 0.25) is 0 Å². The van der Waals surface area contributed by atoms with Crippen molar-refractivity contribution in [2.24, 2.45) is 0 Å². The molecule has 1 heterocycles. The number of benzene rings is 1. The quantitative estimate of drug-likeness (QED) is 0.755. The molecule has 0 bridgehead atoms. The number of hydrogen-bond acceptors (Lipinski definition) is 4. The van der Waals surface area contributed by atoms with Crippen molar-refractivity contribution in [2.45, 2.75) is 32.3 Å². The number of carbonyl (C=O) groups is 2. The lowest BCUT2D eigenvalue weighted by molar-refractivity contribution is -0.122. The molecule has 0 aliphatic rings. The van der Waals surface area contributed by atoms with E-state index in [1.807, 2.05) is 13.0 Å². The fourth-order valence-electron chi connectivity index (χ4n) is 2.20. The number of Topliss-reactive ketones (excluding diaryl/α,β-unsaturated/α-hetero) is 1. The summed E-state index contributed by atoms with van der Waals surface area (Å²) in [7, 11) is 0. The number of amides is 1. The molecule has 1 atom stereocenters. The van der Waals surface area contributed by atoms with E-state index in [0.717, 1.165) is 4.88 Å². The highest BCUT2D eigenvalue weighted by Gasteiger charge is 2.24. The molecule has 1 unspecified atom stereocenters. The van der Waals surface area contributed by atoms with Crippen molar-refractivity contribution in [3.63, 3.8) is 0 Å². The van der Waals surface area contributed by atoms with Crippen molar-refractivity contribution in [3.05, 3.63) is 57.5 Å². The summed E-state index contributed by atoms with van der Waals surface area (Å²) in [6.45, 7) is 3.45. The molecule has 6 heteroatoms. The van der Waals surface area contributed by atoms with Crippen molar-refractivity contribution < 1.29 is 19.1 Å². The molecule has 128 valence electrons. The fourth-order valence-corrected chi connectivity index (χ4v) is 3.04. The highest BCUT2D eigenvalue weighted by atomic mass is 32.1. The molecule has 4 nitrogen and oxygen atoms in total. The van der Waals surface area contributed by atoms with E-state index in [-0.39, 0.29) is 36.9 Å². The Labute approximate surface area is 144 Å². The lowest BCUT2D eigenvalue weighted by atomic mass is 9.96. The van der Waals surface area contributed by atoms with Crippen molar-refractivity contribution >= 4 is 23.0 Å². The van der Waals surface area contributed by atoms with E-state index in [1.54, 1.807) is 13.0 Å². The van der Waals surface area contributed by atoms with Crippen molar-refractivity contribution in [1.82, 2.24) is 5.32 Å². The second kappa shape index (κ2) is 7.68. The van der Waals surface area contributed by atoms with Gasteiger partial charge in [-0.05, 0) is 43.7 Å². The lowest BCUT2D eigenvalue weighted by Gasteiger charge is -2.24. The van der Waals surface area contributed by atoms with Crippen LogP contribution in [-0.4, -0.2) is 23.3 Å². The first-order valence-corrected chi connectivity index (χ1v) is 8.44. The van der Waals surface area contributed by atoms with E-state index in [0.29, 0.717) is 10.4 Å². The van der Waals surface area contributed by atoms with Crippen LogP contribution in [-0.2, 0) is 10.4 Å². The Morgan fingerprint density at radius 2 is 1.83 bits per heavy atom. The number of thiophene rings is 1. The minimum atomic E-state index is -1.31. The zero-order valence-corrected chi connectivity index (χ0v) is 14.5. The molecule has 0 radical (unpaired) electrons. The van der Waals surface area contributed by atoms with Gasteiger partial charge in [-0.1, -0.05) is 12.1 Å². The average molecular weight is 349 g/mol. The molecule has 0 saturated heterocycles. The number of rotatable bonds is 7. The van der Waals surface area contributed by atoms with Gasteiger partial charge in [0.25, 0.3) is 0 Å². The third kappa shape index (κ3) is 4.97. The second-order valence-electron chi connectivity index (χ2n) is 5.89. The van der Waals surface area contributed by atoms with Gasteiger partial charge in [-0.2, -0.15) is 0 Å². The summed E-state index contributed by atoms with van der Waals surface area (Å²) in [5.41, 5.74) is -0.799. The molecule has 0 fully saturated rings. The first-order chi connectivity index (χ1) is 11.3. The zero-order valence-electron chi connectivity index (χ0n) is 13.6. The van der Waals surface area contributed by atoms with Crippen LogP contribution in [0, 0.1) is 12.7 Å². The Morgan fingerprint density at radius 3 is 2.42 bits per heavy atom. The standard InChI is InChI=1S/C18H20FNO3S/c1-12-3-9-16(24-12)15(21)8-10-17(22)20-11-18(2,23)13-4-6-14(19)7-5-13/h3-7,9,23H,8,10-11H2,1-2H3,(H,20,22). The molecule has 0 spiro atoms. The third-order valence-corrected chi connectivity index (χ3v) is 4.73. The smallest absolute Gasteiger partial charge is 0.220 e. The molecule has 24 heavy (non-hydrogen) atoms. The van der Waals surface area contributed by atoms with E-state index in [9.17, 15) is 19.1 Å². The van der Waals surface area contributed by atoms with Crippen LogP contribution in [0.1, 0.15) is 39.9 Å². The van der Waals surface area contributed by atoms with Gasteiger partial charge in [0.1, 0.15) is 11.4 Å². The van der Waals surface area contributed by atoms with Crippen LogP contribution in [0.3, 0.4) is 0 Å². The van der Waals surface area contributed by atoms with Gasteiger partial charge in [0, 0.05) is 17.7 Å². The Morgan fingerprint density at radius 1 is 1.17 bits per heavy atom. The minimum Gasteiger partial charge on any atom is -0.384 e. The topological polar surface area (TPSA) is 66.4 Å². The predicted octanol–water partition coefficient (Wildman–Crippen LogP) is 3.18. The molecule has 2 rings (SSSR count). The minimum absolute atomic E-state index is 0.0102. The summed E-state index contributed by atoms with van der Waals surface area (Å²) >= 11 is 1.41. The summed E-state index contributed by atoms with van der Waals surface area (Å²) < 4.78 is 12.9. The molecule has 0 aliphatic carbocycles. The van der Waals surface area contributed by atoms with Gasteiger partial charge in [0.15, 0.2) is 5.78 Å². The molecule has 2 N–H and O–H groups in total.